The van der Waals surface area contributed by atoms with E-state index in [4.69, 9.17) is 17.0 Å². The van der Waals surface area contributed by atoms with E-state index >= 15 is 0 Å². The smallest absolute Gasteiger partial charge is 0.0794 e. The Morgan fingerprint density at radius 1 is 1.12 bits per heavy atom. The third-order valence-corrected chi connectivity index (χ3v) is 4.27. The molecule has 0 aliphatic carbocycles. The maximum atomic E-state index is 5.59. The molecule has 0 saturated carbocycles. The summed E-state index contributed by atoms with van der Waals surface area (Å²) in [5, 5.41) is 0. The molecule has 0 spiro atoms. The Hall–Kier alpha value is -0.190. The lowest BCUT2D eigenvalue weighted by Gasteiger charge is -2.35. The van der Waals surface area contributed by atoms with Gasteiger partial charge in [0.25, 0.3) is 0 Å². The summed E-state index contributed by atoms with van der Waals surface area (Å²) in [5.41, 5.74) is 0. The van der Waals surface area contributed by atoms with Crippen molar-refractivity contribution in [3.8, 4) is 0 Å². The largest absolute Gasteiger partial charge is 0.379 e. The molecule has 0 N–H and O–H groups in total. The molecule has 2 aliphatic heterocycles. The van der Waals surface area contributed by atoms with Crippen LogP contribution in [0.4, 0.5) is 0 Å². The first-order valence-electron chi connectivity index (χ1n) is 6.87. The average Bonchev–Trinajstić information content (AvgIpc) is 2.40. The van der Waals surface area contributed by atoms with E-state index in [-0.39, 0.29) is 0 Å². The van der Waals surface area contributed by atoms with E-state index < -0.39 is 0 Å². The quantitative estimate of drug-likeness (QED) is 0.717. The third kappa shape index (κ3) is 3.90. The SMILES string of the molecule is CC(CC(=S)N1CCCCC1)N1CCOCC1. The van der Waals surface area contributed by atoms with Crippen molar-refractivity contribution in [1.82, 2.24) is 9.80 Å². The van der Waals surface area contributed by atoms with Crippen molar-refractivity contribution in [3.63, 3.8) is 0 Å². The van der Waals surface area contributed by atoms with Gasteiger partial charge >= 0.3 is 0 Å². The van der Waals surface area contributed by atoms with Gasteiger partial charge in [-0.1, -0.05) is 12.2 Å². The molecule has 0 bridgehead atoms. The number of likely N-dealkylation sites (tertiary alicyclic amines) is 1. The molecule has 0 amide bonds. The van der Waals surface area contributed by atoms with Gasteiger partial charge in [0.15, 0.2) is 0 Å². The van der Waals surface area contributed by atoms with Gasteiger partial charge in [0, 0.05) is 38.6 Å². The molecule has 3 nitrogen and oxygen atoms in total. The van der Waals surface area contributed by atoms with Crippen LogP contribution in [-0.4, -0.2) is 60.2 Å². The van der Waals surface area contributed by atoms with Crippen molar-refractivity contribution < 1.29 is 4.74 Å². The number of rotatable bonds is 3. The summed E-state index contributed by atoms with van der Waals surface area (Å²) < 4.78 is 5.39. The molecule has 0 aromatic rings. The summed E-state index contributed by atoms with van der Waals surface area (Å²) in [7, 11) is 0. The van der Waals surface area contributed by atoms with Crippen molar-refractivity contribution in [2.24, 2.45) is 0 Å². The molecule has 1 unspecified atom stereocenters. The first-order valence-corrected chi connectivity index (χ1v) is 7.28. The summed E-state index contributed by atoms with van der Waals surface area (Å²) in [5.74, 6) is 0. The van der Waals surface area contributed by atoms with Crippen LogP contribution >= 0.6 is 12.2 Å². The maximum absolute atomic E-state index is 5.59. The highest BCUT2D eigenvalue weighted by molar-refractivity contribution is 7.80. The molecule has 0 aromatic heterocycles. The molecule has 2 saturated heterocycles. The van der Waals surface area contributed by atoms with Crippen molar-refractivity contribution >= 4 is 17.2 Å². The minimum atomic E-state index is 0.563. The van der Waals surface area contributed by atoms with Crippen LogP contribution in [0, 0.1) is 0 Å². The molecule has 98 valence electrons. The minimum Gasteiger partial charge on any atom is -0.379 e. The van der Waals surface area contributed by atoms with Gasteiger partial charge in [-0.3, -0.25) is 4.90 Å². The number of piperidine rings is 1. The van der Waals surface area contributed by atoms with Crippen LogP contribution in [0.15, 0.2) is 0 Å². The van der Waals surface area contributed by atoms with Gasteiger partial charge < -0.3 is 9.64 Å². The molecule has 2 rings (SSSR count). The highest BCUT2D eigenvalue weighted by Gasteiger charge is 2.21. The zero-order valence-corrected chi connectivity index (χ0v) is 11.7. The predicted octanol–water partition coefficient (Wildman–Crippen LogP) is 1.91. The molecular weight excluding hydrogens is 232 g/mol. The van der Waals surface area contributed by atoms with Crippen LogP contribution in [-0.2, 0) is 4.74 Å². The molecule has 17 heavy (non-hydrogen) atoms. The number of thiocarbonyl (C=S) groups is 1. The molecule has 1 atom stereocenters. The zero-order chi connectivity index (χ0) is 12.1. The maximum Gasteiger partial charge on any atom is 0.0794 e. The van der Waals surface area contributed by atoms with Gasteiger partial charge in [-0.05, 0) is 26.2 Å². The Morgan fingerprint density at radius 2 is 1.76 bits per heavy atom. The fraction of sp³-hybridized carbons (Fsp3) is 0.923. The first kappa shape index (κ1) is 13.2. The lowest BCUT2D eigenvalue weighted by Crippen LogP contribution is -2.45. The van der Waals surface area contributed by atoms with Gasteiger partial charge in [-0.15, -0.1) is 0 Å². The normalized spacial score (nSPS) is 24.6. The van der Waals surface area contributed by atoms with Crippen molar-refractivity contribution in [3.05, 3.63) is 0 Å². The van der Waals surface area contributed by atoms with Crippen LogP contribution in [0.1, 0.15) is 32.6 Å². The van der Waals surface area contributed by atoms with E-state index in [0.29, 0.717) is 6.04 Å². The van der Waals surface area contributed by atoms with Gasteiger partial charge in [-0.25, -0.2) is 0 Å². The Labute approximate surface area is 110 Å². The van der Waals surface area contributed by atoms with Gasteiger partial charge in [-0.2, -0.15) is 0 Å². The Bertz CT molecular complexity index is 248. The van der Waals surface area contributed by atoms with Crippen LogP contribution in [0.3, 0.4) is 0 Å². The van der Waals surface area contributed by atoms with Crippen molar-refractivity contribution in [2.75, 3.05) is 39.4 Å². The summed E-state index contributed by atoms with van der Waals surface area (Å²) in [6.45, 7) is 8.51. The van der Waals surface area contributed by atoms with Crippen molar-refractivity contribution in [1.29, 1.82) is 0 Å². The fourth-order valence-corrected chi connectivity index (χ4v) is 3.10. The number of morpholine rings is 1. The highest BCUT2D eigenvalue weighted by atomic mass is 32.1. The van der Waals surface area contributed by atoms with Crippen LogP contribution in [0.2, 0.25) is 0 Å². The predicted molar refractivity (Wildman–Crippen MR) is 74.5 cm³/mol. The van der Waals surface area contributed by atoms with E-state index in [1.54, 1.807) is 0 Å². The number of nitrogens with zero attached hydrogens (tertiary/aromatic N) is 2. The average molecular weight is 256 g/mol. The number of hydrogen-bond donors (Lipinski definition) is 0. The molecule has 0 radical (unpaired) electrons. The Kier molecular flexibility index (Phi) is 5.19. The molecule has 2 heterocycles. The van der Waals surface area contributed by atoms with Crippen LogP contribution in [0.5, 0.6) is 0 Å². The minimum absolute atomic E-state index is 0.563. The molecule has 2 fully saturated rings. The van der Waals surface area contributed by atoms with Gasteiger partial charge in [0.05, 0.1) is 18.2 Å². The van der Waals surface area contributed by atoms with E-state index in [9.17, 15) is 0 Å². The first-order chi connectivity index (χ1) is 8.27. The van der Waals surface area contributed by atoms with E-state index in [0.717, 1.165) is 32.7 Å². The second-order valence-electron chi connectivity index (χ2n) is 5.14. The summed E-state index contributed by atoms with van der Waals surface area (Å²) >= 11 is 5.59. The second-order valence-corrected chi connectivity index (χ2v) is 5.61. The van der Waals surface area contributed by atoms with E-state index in [1.807, 2.05) is 0 Å². The highest BCUT2D eigenvalue weighted by Crippen LogP contribution is 2.14. The molecule has 2 aliphatic rings. The second kappa shape index (κ2) is 6.66. The number of ether oxygens (including phenoxy) is 1. The molecular formula is C13H24N2OS. The summed E-state index contributed by atoms with van der Waals surface area (Å²) in [4.78, 5) is 6.08. The Morgan fingerprint density at radius 3 is 2.41 bits per heavy atom. The topological polar surface area (TPSA) is 15.7 Å². The molecule has 0 aromatic carbocycles. The zero-order valence-electron chi connectivity index (χ0n) is 10.9. The van der Waals surface area contributed by atoms with Gasteiger partial charge in [0.2, 0.25) is 0 Å². The van der Waals surface area contributed by atoms with Crippen molar-refractivity contribution in [2.45, 2.75) is 38.6 Å². The van der Waals surface area contributed by atoms with E-state index in [2.05, 4.69) is 16.7 Å². The standard InChI is InChI=1S/C13H24N2OS/c1-12(14-7-9-16-10-8-14)11-13(17)15-5-3-2-4-6-15/h12H,2-11H2,1H3. The molecule has 4 heteroatoms. The number of hydrogen-bond acceptors (Lipinski definition) is 3. The lowest BCUT2D eigenvalue weighted by atomic mass is 10.1. The van der Waals surface area contributed by atoms with Crippen LogP contribution < -0.4 is 0 Å². The van der Waals surface area contributed by atoms with Gasteiger partial charge in [0.1, 0.15) is 0 Å². The summed E-state index contributed by atoms with van der Waals surface area (Å²) in [6, 6.07) is 0.563. The Balaban J connectivity index is 1.76. The summed E-state index contributed by atoms with van der Waals surface area (Å²) in [6.07, 6.45) is 5.03. The van der Waals surface area contributed by atoms with E-state index in [1.165, 1.54) is 37.3 Å². The van der Waals surface area contributed by atoms with Crippen LogP contribution in [0.25, 0.3) is 0 Å². The third-order valence-electron chi connectivity index (χ3n) is 3.85. The monoisotopic (exact) mass is 256 g/mol. The lowest BCUT2D eigenvalue weighted by molar-refractivity contribution is 0.0212. The fourth-order valence-electron chi connectivity index (χ4n) is 2.67.